The third-order valence-corrected chi connectivity index (χ3v) is 4.34. The summed E-state index contributed by atoms with van der Waals surface area (Å²) in [5, 5.41) is 17.3. The molecular formula is C17H25N5O4. The first-order valence-electron chi connectivity index (χ1n) is 8.71. The van der Waals surface area contributed by atoms with E-state index in [0.717, 1.165) is 6.54 Å². The number of carbonyl (C=O) groups is 2. The van der Waals surface area contributed by atoms with Crippen LogP contribution in [0, 0.1) is 10.1 Å². The predicted octanol–water partition coefficient (Wildman–Crippen LogP) is 0.603. The highest BCUT2D eigenvalue weighted by molar-refractivity contribution is 5.95. The van der Waals surface area contributed by atoms with E-state index in [9.17, 15) is 19.7 Å². The van der Waals surface area contributed by atoms with Crippen LogP contribution in [0.4, 0.5) is 11.4 Å². The second-order valence-corrected chi connectivity index (χ2v) is 6.06. The van der Waals surface area contributed by atoms with Gasteiger partial charge in [-0.15, -0.1) is 0 Å². The number of nitrogens with one attached hydrogen (secondary N) is 2. The standard InChI is InChI=1S/C17H25N5O4/c1-3-18-6-7-19-17(24)14-4-5-15(16(12-14)22(25)26)21-10-8-20(9-11-21)13(2)23/h4-5,12,18H,3,6-11H2,1-2H3,(H,19,24). The second kappa shape index (κ2) is 9.14. The fourth-order valence-electron chi connectivity index (χ4n) is 2.88. The normalized spacial score (nSPS) is 14.2. The molecule has 1 aliphatic rings. The van der Waals surface area contributed by atoms with Crippen LogP contribution in [0.25, 0.3) is 0 Å². The number of nitrogens with zero attached hydrogens (tertiary/aromatic N) is 3. The number of carbonyl (C=O) groups excluding carboxylic acids is 2. The number of amides is 2. The lowest BCUT2D eigenvalue weighted by molar-refractivity contribution is -0.384. The summed E-state index contributed by atoms with van der Waals surface area (Å²) in [6, 6.07) is 4.53. The van der Waals surface area contributed by atoms with Crippen LogP contribution in [0.5, 0.6) is 0 Å². The van der Waals surface area contributed by atoms with Crippen molar-refractivity contribution < 1.29 is 14.5 Å². The average Bonchev–Trinajstić information content (AvgIpc) is 2.64. The minimum absolute atomic E-state index is 0.00346. The van der Waals surface area contributed by atoms with Crippen molar-refractivity contribution in [3.63, 3.8) is 0 Å². The Morgan fingerprint density at radius 3 is 2.46 bits per heavy atom. The van der Waals surface area contributed by atoms with E-state index in [1.807, 2.05) is 11.8 Å². The maximum absolute atomic E-state index is 12.2. The Morgan fingerprint density at radius 1 is 1.19 bits per heavy atom. The summed E-state index contributed by atoms with van der Waals surface area (Å²) in [7, 11) is 0. The first-order chi connectivity index (χ1) is 12.4. The number of anilines is 1. The number of nitro groups is 1. The molecule has 0 unspecified atom stereocenters. The first-order valence-corrected chi connectivity index (χ1v) is 8.71. The molecule has 1 aliphatic heterocycles. The Labute approximate surface area is 152 Å². The highest BCUT2D eigenvalue weighted by atomic mass is 16.6. The second-order valence-electron chi connectivity index (χ2n) is 6.06. The van der Waals surface area contributed by atoms with E-state index in [4.69, 9.17) is 0 Å². The molecular weight excluding hydrogens is 338 g/mol. The van der Waals surface area contributed by atoms with E-state index in [1.165, 1.54) is 13.0 Å². The summed E-state index contributed by atoms with van der Waals surface area (Å²) in [5.74, 6) is -0.331. The number of hydrogen-bond donors (Lipinski definition) is 2. The van der Waals surface area contributed by atoms with Crippen molar-refractivity contribution in [2.45, 2.75) is 13.8 Å². The molecule has 2 rings (SSSR count). The Morgan fingerprint density at radius 2 is 1.88 bits per heavy atom. The molecule has 1 fully saturated rings. The highest BCUT2D eigenvalue weighted by Crippen LogP contribution is 2.30. The van der Waals surface area contributed by atoms with Crippen molar-refractivity contribution in [2.75, 3.05) is 50.7 Å². The van der Waals surface area contributed by atoms with Crippen LogP contribution in [0.2, 0.25) is 0 Å². The van der Waals surface area contributed by atoms with Gasteiger partial charge < -0.3 is 20.4 Å². The molecule has 0 aromatic heterocycles. The van der Waals surface area contributed by atoms with Crippen molar-refractivity contribution in [1.82, 2.24) is 15.5 Å². The molecule has 0 spiro atoms. The number of piperazine rings is 1. The molecule has 1 heterocycles. The van der Waals surface area contributed by atoms with Gasteiger partial charge in [0.15, 0.2) is 0 Å². The third kappa shape index (κ3) is 4.92. The molecule has 0 bridgehead atoms. The molecule has 2 amide bonds. The molecule has 9 nitrogen and oxygen atoms in total. The van der Waals surface area contributed by atoms with Gasteiger partial charge in [-0.25, -0.2) is 0 Å². The van der Waals surface area contributed by atoms with Crippen LogP contribution < -0.4 is 15.5 Å². The smallest absolute Gasteiger partial charge is 0.293 e. The van der Waals surface area contributed by atoms with Crippen molar-refractivity contribution in [1.29, 1.82) is 0 Å². The van der Waals surface area contributed by atoms with Gasteiger partial charge in [0.05, 0.1) is 4.92 Å². The number of nitro benzene ring substituents is 1. The first kappa shape index (κ1) is 19.6. The maximum Gasteiger partial charge on any atom is 0.293 e. The van der Waals surface area contributed by atoms with E-state index in [2.05, 4.69) is 10.6 Å². The average molecular weight is 363 g/mol. The van der Waals surface area contributed by atoms with E-state index < -0.39 is 4.92 Å². The summed E-state index contributed by atoms with van der Waals surface area (Å²) < 4.78 is 0. The predicted molar refractivity (Wildman–Crippen MR) is 98.4 cm³/mol. The van der Waals surface area contributed by atoms with Gasteiger partial charge in [0.2, 0.25) is 5.91 Å². The van der Waals surface area contributed by atoms with Gasteiger partial charge in [0.1, 0.15) is 5.69 Å². The van der Waals surface area contributed by atoms with Gasteiger partial charge in [0, 0.05) is 57.8 Å². The summed E-state index contributed by atoms with van der Waals surface area (Å²) in [6.07, 6.45) is 0. The van der Waals surface area contributed by atoms with E-state index in [0.29, 0.717) is 45.0 Å². The van der Waals surface area contributed by atoms with E-state index >= 15 is 0 Å². The Balaban J connectivity index is 2.10. The third-order valence-electron chi connectivity index (χ3n) is 4.34. The van der Waals surface area contributed by atoms with Crippen molar-refractivity contribution in [3.8, 4) is 0 Å². The van der Waals surface area contributed by atoms with Gasteiger partial charge in [-0.3, -0.25) is 19.7 Å². The Hall–Kier alpha value is -2.68. The minimum Gasteiger partial charge on any atom is -0.362 e. The molecule has 0 radical (unpaired) electrons. The topological polar surface area (TPSA) is 108 Å². The molecule has 0 aliphatic carbocycles. The van der Waals surface area contributed by atoms with Gasteiger partial charge >= 0.3 is 0 Å². The minimum atomic E-state index is -0.470. The van der Waals surface area contributed by atoms with Gasteiger partial charge in [-0.1, -0.05) is 6.92 Å². The fraction of sp³-hybridized carbons (Fsp3) is 0.529. The van der Waals surface area contributed by atoms with Crippen molar-refractivity contribution >= 4 is 23.2 Å². The van der Waals surface area contributed by atoms with Gasteiger partial charge in [-0.2, -0.15) is 0 Å². The molecule has 1 aromatic carbocycles. The lowest BCUT2D eigenvalue weighted by Gasteiger charge is -2.35. The number of benzene rings is 1. The van der Waals surface area contributed by atoms with Crippen LogP contribution in [0.3, 0.4) is 0 Å². The lowest BCUT2D eigenvalue weighted by Crippen LogP contribution is -2.48. The summed E-state index contributed by atoms with van der Waals surface area (Å²) in [5.41, 5.74) is 0.641. The van der Waals surface area contributed by atoms with Crippen LogP contribution in [0.15, 0.2) is 18.2 Å². The molecule has 2 N–H and O–H groups in total. The number of hydrogen-bond acceptors (Lipinski definition) is 6. The van der Waals surface area contributed by atoms with Crippen LogP contribution in [-0.2, 0) is 4.79 Å². The number of likely N-dealkylation sites (N-methyl/N-ethyl adjacent to an activating group) is 1. The fourth-order valence-corrected chi connectivity index (χ4v) is 2.88. The van der Waals surface area contributed by atoms with E-state index in [-0.39, 0.29) is 23.1 Å². The zero-order chi connectivity index (χ0) is 19.1. The molecule has 26 heavy (non-hydrogen) atoms. The zero-order valence-electron chi connectivity index (χ0n) is 15.2. The summed E-state index contributed by atoms with van der Waals surface area (Å²) in [4.78, 5) is 38.2. The van der Waals surface area contributed by atoms with Crippen LogP contribution >= 0.6 is 0 Å². The lowest BCUT2D eigenvalue weighted by atomic mass is 10.1. The summed E-state index contributed by atoms with van der Waals surface area (Å²) >= 11 is 0. The largest absolute Gasteiger partial charge is 0.362 e. The van der Waals surface area contributed by atoms with Gasteiger partial charge in [0.25, 0.3) is 11.6 Å². The van der Waals surface area contributed by atoms with Crippen LogP contribution in [0.1, 0.15) is 24.2 Å². The SMILES string of the molecule is CCNCCNC(=O)c1ccc(N2CCN(C(C)=O)CC2)c([N+](=O)[O-])c1. The maximum atomic E-state index is 12.2. The number of rotatable bonds is 7. The molecule has 142 valence electrons. The highest BCUT2D eigenvalue weighted by Gasteiger charge is 2.25. The van der Waals surface area contributed by atoms with E-state index in [1.54, 1.807) is 17.0 Å². The van der Waals surface area contributed by atoms with Crippen LogP contribution in [-0.4, -0.2) is 67.5 Å². The molecule has 0 atom stereocenters. The van der Waals surface area contributed by atoms with Gasteiger partial charge in [-0.05, 0) is 18.7 Å². The zero-order valence-corrected chi connectivity index (χ0v) is 15.2. The Kier molecular flexibility index (Phi) is 6.90. The molecule has 9 heteroatoms. The quantitative estimate of drug-likeness (QED) is 0.417. The molecule has 1 saturated heterocycles. The monoisotopic (exact) mass is 363 g/mol. The van der Waals surface area contributed by atoms with Crippen molar-refractivity contribution in [2.24, 2.45) is 0 Å². The van der Waals surface area contributed by atoms with Crippen molar-refractivity contribution in [3.05, 3.63) is 33.9 Å². The molecule has 1 aromatic rings. The summed E-state index contributed by atoms with van der Waals surface area (Å²) in [6.45, 7) is 7.49. The Bertz CT molecular complexity index is 671. The molecule has 0 saturated carbocycles.